The topological polar surface area (TPSA) is 51.3 Å². The van der Waals surface area contributed by atoms with Crippen LogP contribution in [0.15, 0.2) is 57.7 Å². The molecular weight excluding hydrogens is 383 g/mol. The van der Waals surface area contributed by atoms with E-state index in [4.69, 9.17) is 4.42 Å². The van der Waals surface area contributed by atoms with Gasteiger partial charge in [0.2, 0.25) is 5.89 Å². The molecule has 150 valence electrons. The van der Waals surface area contributed by atoms with E-state index in [1.807, 2.05) is 43.3 Å². The molecule has 0 saturated carbocycles. The molecule has 0 fully saturated rings. The molecule has 4 aromatic rings. The minimum Gasteiger partial charge on any atom is -0.435 e. The Bertz CT molecular complexity index is 1240. The van der Waals surface area contributed by atoms with Gasteiger partial charge in [-0.3, -0.25) is 4.79 Å². The minimum absolute atomic E-state index is 0.112. The van der Waals surface area contributed by atoms with E-state index in [0.717, 1.165) is 23.0 Å². The van der Waals surface area contributed by atoms with Crippen molar-refractivity contribution in [2.75, 3.05) is 20.6 Å². The van der Waals surface area contributed by atoms with Gasteiger partial charge >= 0.3 is 6.18 Å². The first-order valence-corrected chi connectivity index (χ1v) is 9.00. The molecule has 0 radical (unpaired) electrons. The zero-order chi connectivity index (χ0) is 20.8. The lowest BCUT2D eigenvalue weighted by atomic mass is 10.1. The molecule has 2 aromatic heterocycles. The highest BCUT2D eigenvalue weighted by molar-refractivity contribution is 6.01. The van der Waals surface area contributed by atoms with Crippen molar-refractivity contribution in [2.45, 2.75) is 12.7 Å². The van der Waals surface area contributed by atoms with Gasteiger partial charge < -0.3 is 13.9 Å². The average Bonchev–Trinajstić information content (AvgIpc) is 3.13. The molecule has 0 spiro atoms. The molecule has 0 unspecified atom stereocenters. The molecule has 2 heterocycles. The summed E-state index contributed by atoms with van der Waals surface area (Å²) in [5, 5.41) is 0.728. The van der Waals surface area contributed by atoms with Gasteiger partial charge in [0.05, 0.1) is 11.1 Å². The Morgan fingerprint density at radius 1 is 1.07 bits per heavy atom. The van der Waals surface area contributed by atoms with Crippen molar-refractivity contribution >= 4 is 22.0 Å². The van der Waals surface area contributed by atoms with E-state index in [2.05, 4.69) is 4.98 Å². The number of halogens is 3. The molecule has 0 aliphatic rings. The Morgan fingerprint density at radius 2 is 1.76 bits per heavy atom. The molecule has 2 aromatic carbocycles. The van der Waals surface area contributed by atoms with Crippen molar-refractivity contribution in [3.8, 4) is 11.5 Å². The van der Waals surface area contributed by atoms with Gasteiger partial charge in [0.1, 0.15) is 0 Å². The third-order valence-electron chi connectivity index (χ3n) is 4.74. The third kappa shape index (κ3) is 3.51. The van der Waals surface area contributed by atoms with Crippen molar-refractivity contribution in [1.82, 2.24) is 14.5 Å². The maximum Gasteiger partial charge on any atom is 0.416 e. The van der Waals surface area contributed by atoms with E-state index in [9.17, 15) is 18.0 Å². The molecule has 29 heavy (non-hydrogen) atoms. The minimum atomic E-state index is -4.42. The number of pyridine rings is 1. The molecule has 4 rings (SSSR count). The number of para-hydroxylation sites is 1. The van der Waals surface area contributed by atoms with Crippen LogP contribution in [0, 0.1) is 0 Å². The monoisotopic (exact) mass is 401 g/mol. The number of rotatable bonds is 4. The van der Waals surface area contributed by atoms with E-state index in [0.29, 0.717) is 24.2 Å². The maximum atomic E-state index is 13.1. The number of hydrogen-bond acceptors (Lipinski definition) is 4. The van der Waals surface area contributed by atoms with Gasteiger partial charge in [0.25, 0.3) is 5.56 Å². The Labute approximate surface area is 164 Å². The molecule has 0 saturated heterocycles. The first-order valence-electron chi connectivity index (χ1n) is 9.00. The van der Waals surface area contributed by atoms with Gasteiger partial charge in [-0.2, -0.15) is 13.2 Å². The fraction of sp³-hybridized carbons (Fsp3) is 0.238. The fourth-order valence-corrected chi connectivity index (χ4v) is 3.23. The van der Waals surface area contributed by atoms with Crippen LogP contribution in [0.25, 0.3) is 33.5 Å². The molecule has 0 atom stereocenters. The molecule has 0 bridgehead atoms. The molecule has 0 aliphatic heterocycles. The summed E-state index contributed by atoms with van der Waals surface area (Å²) in [6.45, 7) is 1.14. The molecule has 5 nitrogen and oxygen atoms in total. The first kappa shape index (κ1) is 19.2. The summed E-state index contributed by atoms with van der Waals surface area (Å²) < 4.78 is 45.9. The van der Waals surface area contributed by atoms with Crippen LogP contribution in [0.2, 0.25) is 0 Å². The van der Waals surface area contributed by atoms with E-state index in [1.165, 1.54) is 12.1 Å². The number of oxazole rings is 1. The second kappa shape index (κ2) is 7.04. The highest BCUT2D eigenvalue weighted by Crippen LogP contribution is 2.32. The van der Waals surface area contributed by atoms with E-state index in [-0.39, 0.29) is 17.0 Å². The van der Waals surface area contributed by atoms with Gasteiger partial charge in [-0.05, 0) is 50.5 Å². The van der Waals surface area contributed by atoms with Crippen LogP contribution in [0.5, 0.6) is 0 Å². The van der Waals surface area contributed by atoms with Crippen LogP contribution < -0.4 is 5.56 Å². The largest absolute Gasteiger partial charge is 0.435 e. The average molecular weight is 401 g/mol. The summed E-state index contributed by atoms with van der Waals surface area (Å²) in [4.78, 5) is 19.3. The summed E-state index contributed by atoms with van der Waals surface area (Å²) in [6, 6.07) is 11.9. The maximum absolute atomic E-state index is 13.1. The number of aromatic nitrogens is 2. The van der Waals surface area contributed by atoms with Crippen LogP contribution in [0.4, 0.5) is 13.2 Å². The van der Waals surface area contributed by atoms with E-state index in [1.54, 1.807) is 4.57 Å². The van der Waals surface area contributed by atoms with Gasteiger partial charge in [-0.1, -0.05) is 12.1 Å². The van der Waals surface area contributed by atoms with Gasteiger partial charge in [-0.15, -0.1) is 0 Å². The van der Waals surface area contributed by atoms with Crippen LogP contribution in [-0.4, -0.2) is 35.1 Å². The number of hydrogen-bond donors (Lipinski definition) is 0. The number of nitrogens with zero attached hydrogens (tertiary/aromatic N) is 3. The molecule has 0 amide bonds. The summed E-state index contributed by atoms with van der Waals surface area (Å²) in [6.07, 6.45) is -4.42. The van der Waals surface area contributed by atoms with Crippen molar-refractivity contribution < 1.29 is 17.6 Å². The SMILES string of the molecule is CN(C)CCn1c(=O)c2nc(-c3ccc(C(F)(F)F)cc3)oc2c2ccccc21. The number of alkyl halides is 3. The molecular formula is C21H18F3N3O2. The summed E-state index contributed by atoms with van der Waals surface area (Å²) in [5.41, 5.74) is 0.551. The molecule has 0 aliphatic carbocycles. The normalized spacial score (nSPS) is 12.3. The molecule has 8 heteroatoms. The second-order valence-electron chi connectivity index (χ2n) is 7.05. The first-order chi connectivity index (χ1) is 13.8. The highest BCUT2D eigenvalue weighted by Gasteiger charge is 2.30. The molecule has 0 N–H and O–H groups in total. The summed E-state index contributed by atoms with van der Waals surface area (Å²) in [7, 11) is 3.84. The number of likely N-dealkylation sites (N-methyl/N-ethyl adjacent to an activating group) is 1. The van der Waals surface area contributed by atoms with Crippen LogP contribution in [-0.2, 0) is 12.7 Å². The van der Waals surface area contributed by atoms with E-state index >= 15 is 0 Å². The lowest BCUT2D eigenvalue weighted by Gasteiger charge is -2.13. The highest BCUT2D eigenvalue weighted by atomic mass is 19.4. The lowest BCUT2D eigenvalue weighted by Crippen LogP contribution is -2.27. The van der Waals surface area contributed by atoms with Crippen molar-refractivity contribution in [2.24, 2.45) is 0 Å². The Morgan fingerprint density at radius 3 is 2.41 bits per heavy atom. The zero-order valence-electron chi connectivity index (χ0n) is 15.8. The Kier molecular flexibility index (Phi) is 4.66. The van der Waals surface area contributed by atoms with Crippen LogP contribution in [0.1, 0.15) is 5.56 Å². The van der Waals surface area contributed by atoms with Crippen molar-refractivity contribution in [3.63, 3.8) is 0 Å². The van der Waals surface area contributed by atoms with Crippen molar-refractivity contribution in [1.29, 1.82) is 0 Å². The van der Waals surface area contributed by atoms with E-state index < -0.39 is 11.7 Å². The zero-order valence-corrected chi connectivity index (χ0v) is 15.8. The predicted octanol–water partition coefficient (Wildman–Crippen LogP) is 4.39. The van der Waals surface area contributed by atoms with Crippen LogP contribution >= 0.6 is 0 Å². The van der Waals surface area contributed by atoms with Crippen LogP contribution in [0.3, 0.4) is 0 Å². The third-order valence-corrected chi connectivity index (χ3v) is 4.74. The lowest BCUT2D eigenvalue weighted by molar-refractivity contribution is -0.137. The fourth-order valence-electron chi connectivity index (χ4n) is 3.23. The smallest absolute Gasteiger partial charge is 0.416 e. The number of fused-ring (bicyclic) bond motifs is 3. The quantitative estimate of drug-likeness (QED) is 0.509. The summed E-state index contributed by atoms with van der Waals surface area (Å²) >= 11 is 0. The summed E-state index contributed by atoms with van der Waals surface area (Å²) in [5.74, 6) is 0.112. The van der Waals surface area contributed by atoms with Gasteiger partial charge in [-0.25, -0.2) is 4.98 Å². The standard InChI is InChI=1S/C21H18F3N3O2/c1-26(2)11-12-27-16-6-4-3-5-15(16)18-17(20(27)28)25-19(29-18)13-7-9-14(10-8-13)21(22,23)24/h3-10H,11-12H2,1-2H3. The van der Waals surface area contributed by atoms with Gasteiger partial charge in [0.15, 0.2) is 11.1 Å². The number of benzene rings is 2. The second-order valence-corrected chi connectivity index (χ2v) is 7.05. The Balaban J connectivity index is 1.88. The van der Waals surface area contributed by atoms with Gasteiger partial charge in [0, 0.05) is 24.0 Å². The predicted molar refractivity (Wildman–Crippen MR) is 105 cm³/mol. The Hall–Kier alpha value is -3.13. The van der Waals surface area contributed by atoms with Crippen molar-refractivity contribution in [3.05, 3.63) is 64.4 Å².